The van der Waals surface area contributed by atoms with Crippen LogP contribution in [0.3, 0.4) is 0 Å². The molecule has 6 heteroatoms. The van der Waals surface area contributed by atoms with Crippen LogP contribution >= 0.6 is 23.2 Å². The Bertz CT molecular complexity index is 434. The summed E-state index contributed by atoms with van der Waals surface area (Å²) in [4.78, 5) is 14.4. The van der Waals surface area contributed by atoms with Crippen molar-refractivity contribution in [3.05, 3.63) is 28.2 Å². The molecule has 0 amide bonds. The maximum atomic E-state index is 10.5. The number of aldehydes is 1. The van der Waals surface area contributed by atoms with Crippen LogP contribution in [-0.4, -0.2) is 48.7 Å². The molecule has 1 N–H and O–H groups in total. The van der Waals surface area contributed by atoms with Gasteiger partial charge in [0.15, 0.2) is 12.5 Å². The second-order valence-electron chi connectivity index (χ2n) is 4.17. The smallest absolute Gasteiger partial charge is 0.164 e. The average molecular weight is 289 g/mol. The lowest BCUT2D eigenvalue weighted by Crippen LogP contribution is -2.51. The molecule has 2 rings (SSSR count). The van der Waals surface area contributed by atoms with E-state index in [4.69, 9.17) is 23.2 Å². The number of carbonyl (C=O) groups excluding carboxylic acids is 1. The van der Waals surface area contributed by atoms with E-state index in [1.54, 1.807) is 17.0 Å². The van der Waals surface area contributed by atoms with E-state index >= 15 is 0 Å². The molecule has 0 bridgehead atoms. The van der Waals surface area contributed by atoms with E-state index in [0.717, 1.165) is 5.69 Å². The van der Waals surface area contributed by atoms with Gasteiger partial charge in [0.05, 0.1) is 10.7 Å². The Balaban J connectivity index is 2.03. The first-order valence-corrected chi connectivity index (χ1v) is 6.45. The molecule has 1 heterocycles. The molecule has 0 aromatic heterocycles. The summed E-state index contributed by atoms with van der Waals surface area (Å²) in [6, 6.07) is 5.40. The topological polar surface area (TPSA) is 43.8 Å². The minimum atomic E-state index is -1.01. The van der Waals surface area contributed by atoms with Crippen LogP contribution in [0.15, 0.2) is 18.2 Å². The Morgan fingerprint density at radius 2 is 1.89 bits per heavy atom. The fraction of sp³-hybridized carbons (Fsp3) is 0.417. The van der Waals surface area contributed by atoms with E-state index in [-0.39, 0.29) is 0 Å². The molecule has 98 valence electrons. The predicted octanol–water partition coefficient (Wildman–Crippen LogP) is 1.63. The summed E-state index contributed by atoms with van der Waals surface area (Å²) < 4.78 is 0. The van der Waals surface area contributed by atoms with E-state index in [1.807, 2.05) is 6.07 Å². The highest BCUT2D eigenvalue weighted by Gasteiger charge is 2.22. The summed E-state index contributed by atoms with van der Waals surface area (Å²) in [7, 11) is 0. The van der Waals surface area contributed by atoms with E-state index in [1.165, 1.54) is 0 Å². The van der Waals surface area contributed by atoms with Crippen LogP contribution in [0.4, 0.5) is 5.69 Å². The van der Waals surface area contributed by atoms with E-state index < -0.39 is 6.23 Å². The van der Waals surface area contributed by atoms with Gasteiger partial charge >= 0.3 is 0 Å². The molecule has 0 aliphatic carbocycles. The number of aliphatic hydroxyl groups excluding tert-OH is 1. The zero-order chi connectivity index (χ0) is 13.1. The normalized spacial score (nSPS) is 18.7. The third kappa shape index (κ3) is 2.95. The molecule has 4 nitrogen and oxygen atoms in total. The number of nitrogens with zero attached hydrogens (tertiary/aromatic N) is 2. The lowest BCUT2D eigenvalue weighted by molar-refractivity contribution is -0.124. The Hall–Kier alpha value is -0.810. The Morgan fingerprint density at radius 3 is 2.44 bits per heavy atom. The van der Waals surface area contributed by atoms with Gasteiger partial charge in [0.1, 0.15) is 0 Å². The van der Waals surface area contributed by atoms with Crippen molar-refractivity contribution in [3.8, 4) is 0 Å². The number of piperazine rings is 1. The highest BCUT2D eigenvalue weighted by atomic mass is 35.5. The Kier molecular flexibility index (Phi) is 4.45. The highest BCUT2D eigenvalue weighted by molar-refractivity contribution is 6.36. The standard InChI is InChI=1S/C12H14Cl2N2O2/c13-9-1-2-11(10(14)7-9)15-3-5-16(6-4-15)12(18)8-17/h1-2,7-8,12,18H,3-6H2. The van der Waals surface area contributed by atoms with Crippen LogP contribution in [0.2, 0.25) is 10.0 Å². The van der Waals surface area contributed by atoms with Gasteiger partial charge in [-0.05, 0) is 18.2 Å². The first kappa shape index (κ1) is 13.6. The fourth-order valence-electron chi connectivity index (χ4n) is 2.05. The molecule has 0 spiro atoms. The molecule has 1 unspecified atom stereocenters. The number of halogens is 2. The fourth-order valence-corrected chi connectivity index (χ4v) is 2.58. The quantitative estimate of drug-likeness (QED) is 0.859. The van der Waals surface area contributed by atoms with Crippen molar-refractivity contribution in [2.45, 2.75) is 6.23 Å². The maximum Gasteiger partial charge on any atom is 0.164 e. The average Bonchev–Trinajstić information content (AvgIpc) is 2.38. The van der Waals surface area contributed by atoms with E-state index in [0.29, 0.717) is 42.5 Å². The van der Waals surface area contributed by atoms with Crippen LogP contribution < -0.4 is 4.90 Å². The monoisotopic (exact) mass is 288 g/mol. The van der Waals surface area contributed by atoms with Crippen molar-refractivity contribution in [2.75, 3.05) is 31.1 Å². The minimum Gasteiger partial charge on any atom is -0.371 e. The van der Waals surface area contributed by atoms with Gasteiger partial charge in [0.25, 0.3) is 0 Å². The van der Waals surface area contributed by atoms with Crippen LogP contribution in [-0.2, 0) is 4.79 Å². The van der Waals surface area contributed by atoms with Crippen molar-refractivity contribution in [2.24, 2.45) is 0 Å². The molecule has 1 fully saturated rings. The third-order valence-corrected chi connectivity index (χ3v) is 3.60. The SMILES string of the molecule is O=CC(O)N1CCN(c2ccc(Cl)cc2Cl)CC1. The van der Waals surface area contributed by atoms with Crippen LogP contribution in [0.5, 0.6) is 0 Å². The Labute approximate surface area is 116 Å². The number of rotatable bonds is 3. The van der Waals surface area contributed by atoms with E-state index in [9.17, 15) is 9.90 Å². The van der Waals surface area contributed by atoms with Gasteiger partial charge in [-0.3, -0.25) is 9.69 Å². The van der Waals surface area contributed by atoms with Gasteiger partial charge < -0.3 is 10.0 Å². The van der Waals surface area contributed by atoms with Gasteiger partial charge in [-0.1, -0.05) is 23.2 Å². The molecule has 0 saturated carbocycles. The zero-order valence-corrected chi connectivity index (χ0v) is 11.2. The van der Waals surface area contributed by atoms with Gasteiger partial charge in [0, 0.05) is 31.2 Å². The summed E-state index contributed by atoms with van der Waals surface area (Å²) in [6.07, 6.45) is -0.460. The van der Waals surface area contributed by atoms with Crippen LogP contribution in [0, 0.1) is 0 Å². The summed E-state index contributed by atoms with van der Waals surface area (Å²) >= 11 is 12.0. The number of anilines is 1. The number of hydrogen-bond acceptors (Lipinski definition) is 4. The molecule has 1 atom stereocenters. The van der Waals surface area contributed by atoms with Crippen molar-refractivity contribution in [1.29, 1.82) is 0 Å². The van der Waals surface area contributed by atoms with E-state index in [2.05, 4.69) is 4.90 Å². The minimum absolute atomic E-state index is 0.547. The number of aliphatic hydroxyl groups is 1. The largest absolute Gasteiger partial charge is 0.371 e. The van der Waals surface area contributed by atoms with Crippen LogP contribution in [0.1, 0.15) is 0 Å². The lowest BCUT2D eigenvalue weighted by atomic mass is 10.2. The molecule has 1 saturated heterocycles. The summed E-state index contributed by atoms with van der Waals surface area (Å²) in [6.45, 7) is 2.68. The van der Waals surface area contributed by atoms with Crippen molar-refractivity contribution >= 4 is 35.2 Å². The molecule has 18 heavy (non-hydrogen) atoms. The van der Waals surface area contributed by atoms with Crippen molar-refractivity contribution in [1.82, 2.24) is 4.90 Å². The van der Waals surface area contributed by atoms with Crippen LogP contribution in [0.25, 0.3) is 0 Å². The molecular formula is C12H14Cl2N2O2. The van der Waals surface area contributed by atoms with Gasteiger partial charge in [0.2, 0.25) is 0 Å². The molecule has 1 aliphatic rings. The molecular weight excluding hydrogens is 275 g/mol. The molecule has 1 aromatic carbocycles. The first-order valence-electron chi connectivity index (χ1n) is 5.69. The second kappa shape index (κ2) is 5.89. The summed E-state index contributed by atoms with van der Waals surface area (Å²) in [5.41, 5.74) is 0.932. The second-order valence-corrected chi connectivity index (χ2v) is 5.01. The molecule has 0 radical (unpaired) electrons. The zero-order valence-electron chi connectivity index (χ0n) is 9.72. The summed E-state index contributed by atoms with van der Waals surface area (Å²) in [5.74, 6) is 0. The van der Waals surface area contributed by atoms with Gasteiger partial charge in [-0.25, -0.2) is 0 Å². The number of benzene rings is 1. The number of hydrogen-bond donors (Lipinski definition) is 1. The van der Waals surface area contributed by atoms with Gasteiger partial charge in [-0.2, -0.15) is 0 Å². The van der Waals surface area contributed by atoms with Crippen molar-refractivity contribution in [3.63, 3.8) is 0 Å². The highest BCUT2D eigenvalue weighted by Crippen LogP contribution is 2.29. The predicted molar refractivity (Wildman–Crippen MR) is 72.3 cm³/mol. The third-order valence-electron chi connectivity index (χ3n) is 3.06. The maximum absolute atomic E-state index is 10.5. The van der Waals surface area contributed by atoms with Crippen molar-refractivity contribution < 1.29 is 9.90 Å². The first-order chi connectivity index (χ1) is 8.61. The summed E-state index contributed by atoms with van der Waals surface area (Å²) in [5, 5.41) is 10.7. The molecule has 1 aromatic rings. The Morgan fingerprint density at radius 1 is 1.22 bits per heavy atom. The lowest BCUT2D eigenvalue weighted by Gasteiger charge is -2.37. The van der Waals surface area contributed by atoms with Gasteiger partial charge in [-0.15, -0.1) is 0 Å². The molecule has 1 aliphatic heterocycles. The number of carbonyl (C=O) groups is 1.